The van der Waals surface area contributed by atoms with Crippen LogP contribution in [-0.2, 0) is 0 Å². The summed E-state index contributed by atoms with van der Waals surface area (Å²) in [5, 5.41) is 29.0. The molecule has 0 fully saturated rings. The highest BCUT2D eigenvalue weighted by atomic mass is 16.3. The highest BCUT2D eigenvalue weighted by Crippen LogP contribution is 2.35. The number of phenolic OH excluding ortho intramolecular Hbond substituents is 3. The number of allylic oxidation sites excluding steroid dienone is 1. The average molecular weight is 391 g/mol. The molecule has 0 saturated heterocycles. The van der Waals surface area contributed by atoms with E-state index in [4.69, 9.17) is 0 Å². The fourth-order valence-corrected chi connectivity index (χ4v) is 3.58. The van der Waals surface area contributed by atoms with Gasteiger partial charge >= 0.3 is 0 Å². The largest absolute Gasteiger partial charge is 0.507 e. The molecule has 1 aromatic carbocycles. The van der Waals surface area contributed by atoms with E-state index < -0.39 is 0 Å². The van der Waals surface area contributed by atoms with Crippen molar-refractivity contribution in [1.29, 1.82) is 0 Å². The second-order valence-corrected chi connectivity index (χ2v) is 8.01. The molecule has 3 nitrogen and oxygen atoms in total. The van der Waals surface area contributed by atoms with Crippen molar-refractivity contribution in [3.8, 4) is 17.2 Å². The number of phenols is 3. The first-order chi connectivity index (χ1) is 13.7. The molecule has 0 bridgehead atoms. The van der Waals surface area contributed by atoms with Crippen molar-refractivity contribution in [2.24, 2.45) is 0 Å². The average Bonchev–Trinajstić information content (AvgIpc) is 2.69. The predicted molar refractivity (Wildman–Crippen MR) is 120 cm³/mol. The van der Waals surface area contributed by atoms with Crippen molar-refractivity contribution >= 4 is 6.08 Å². The molecule has 28 heavy (non-hydrogen) atoms. The molecule has 0 aromatic heterocycles. The lowest BCUT2D eigenvalue weighted by atomic mass is 10.0. The van der Waals surface area contributed by atoms with E-state index in [1.807, 2.05) is 6.08 Å². The van der Waals surface area contributed by atoms with Crippen molar-refractivity contribution in [2.45, 2.75) is 110 Å². The van der Waals surface area contributed by atoms with Crippen LogP contribution in [0.25, 0.3) is 6.08 Å². The van der Waals surface area contributed by atoms with E-state index in [0.717, 1.165) is 12.8 Å². The van der Waals surface area contributed by atoms with Crippen LogP contribution in [-0.4, -0.2) is 15.3 Å². The molecule has 0 amide bonds. The highest BCUT2D eigenvalue weighted by molar-refractivity contribution is 5.67. The molecule has 0 spiro atoms. The predicted octanol–water partition coefficient (Wildman–Crippen LogP) is 8.08. The Labute approximate surface area is 172 Å². The second kappa shape index (κ2) is 16.3. The van der Waals surface area contributed by atoms with E-state index in [0.29, 0.717) is 5.56 Å². The fraction of sp³-hybridized carbons (Fsp3) is 0.680. The molecule has 0 atom stereocenters. The third-order valence-electron chi connectivity index (χ3n) is 5.43. The Kier molecular flexibility index (Phi) is 14.2. The highest BCUT2D eigenvalue weighted by Gasteiger charge is 2.08. The number of unbranched alkanes of at least 4 members (excludes halogenated alkanes) is 15. The first kappa shape index (κ1) is 24.4. The maximum atomic E-state index is 9.75. The van der Waals surface area contributed by atoms with Crippen molar-refractivity contribution in [2.75, 3.05) is 0 Å². The molecule has 0 aliphatic carbocycles. The summed E-state index contributed by atoms with van der Waals surface area (Å²) in [6.07, 6.45) is 24.9. The standard InChI is InChI=1S/C25H42O3/c1-2-3-4-5-6-7-8-9-10-11-12-13-14-15-16-17-18-19-22-23(26)20-21-24(27)25(22)28/h18-21,26-28H,2-17H2,1H3. The Morgan fingerprint density at radius 1 is 0.607 bits per heavy atom. The van der Waals surface area contributed by atoms with E-state index in [1.165, 1.54) is 102 Å². The summed E-state index contributed by atoms with van der Waals surface area (Å²) in [6.45, 7) is 2.27. The van der Waals surface area contributed by atoms with Crippen LogP contribution in [0.5, 0.6) is 17.2 Å². The van der Waals surface area contributed by atoms with Crippen molar-refractivity contribution in [3.63, 3.8) is 0 Å². The lowest BCUT2D eigenvalue weighted by Gasteiger charge is -2.04. The Morgan fingerprint density at radius 2 is 1.04 bits per heavy atom. The van der Waals surface area contributed by atoms with Crippen LogP contribution >= 0.6 is 0 Å². The van der Waals surface area contributed by atoms with Gasteiger partial charge in [0.05, 0.1) is 5.56 Å². The molecular weight excluding hydrogens is 348 g/mol. The Hall–Kier alpha value is -1.64. The van der Waals surface area contributed by atoms with E-state index in [-0.39, 0.29) is 17.2 Å². The Morgan fingerprint density at radius 3 is 1.54 bits per heavy atom. The molecule has 0 saturated carbocycles. The molecule has 1 rings (SSSR count). The summed E-state index contributed by atoms with van der Waals surface area (Å²) in [4.78, 5) is 0. The van der Waals surface area contributed by atoms with Crippen molar-refractivity contribution in [3.05, 3.63) is 23.8 Å². The van der Waals surface area contributed by atoms with Crippen LogP contribution in [0.2, 0.25) is 0 Å². The van der Waals surface area contributed by atoms with Crippen molar-refractivity contribution in [1.82, 2.24) is 0 Å². The van der Waals surface area contributed by atoms with Crippen LogP contribution in [0.1, 0.15) is 115 Å². The van der Waals surface area contributed by atoms with Gasteiger partial charge in [0.25, 0.3) is 0 Å². The van der Waals surface area contributed by atoms with Crippen LogP contribution in [0, 0.1) is 0 Å². The molecule has 3 N–H and O–H groups in total. The van der Waals surface area contributed by atoms with Crippen LogP contribution in [0.4, 0.5) is 0 Å². The summed E-state index contributed by atoms with van der Waals surface area (Å²) >= 11 is 0. The van der Waals surface area contributed by atoms with Gasteiger partial charge in [-0.25, -0.2) is 0 Å². The number of hydrogen-bond donors (Lipinski definition) is 3. The molecule has 0 aliphatic rings. The first-order valence-corrected chi connectivity index (χ1v) is 11.6. The monoisotopic (exact) mass is 390 g/mol. The van der Waals surface area contributed by atoms with Gasteiger partial charge in [-0.3, -0.25) is 0 Å². The van der Waals surface area contributed by atoms with Crippen LogP contribution in [0.3, 0.4) is 0 Å². The zero-order valence-electron chi connectivity index (χ0n) is 18.0. The van der Waals surface area contributed by atoms with Crippen molar-refractivity contribution < 1.29 is 15.3 Å². The van der Waals surface area contributed by atoms with Gasteiger partial charge in [0, 0.05) is 0 Å². The Bertz CT molecular complexity index is 537. The molecule has 0 heterocycles. The van der Waals surface area contributed by atoms with Crippen LogP contribution in [0.15, 0.2) is 18.2 Å². The van der Waals surface area contributed by atoms with Gasteiger partial charge in [0.1, 0.15) is 5.75 Å². The minimum absolute atomic E-state index is 0.0111. The molecule has 0 aliphatic heterocycles. The number of aromatic hydroxyl groups is 3. The lowest BCUT2D eigenvalue weighted by Crippen LogP contribution is -1.83. The van der Waals surface area contributed by atoms with E-state index in [1.54, 1.807) is 6.08 Å². The summed E-state index contributed by atoms with van der Waals surface area (Å²) in [7, 11) is 0. The second-order valence-electron chi connectivity index (χ2n) is 8.01. The van der Waals surface area contributed by atoms with Gasteiger partial charge in [-0.1, -0.05) is 109 Å². The van der Waals surface area contributed by atoms with Gasteiger partial charge in [-0.05, 0) is 25.0 Å². The molecular formula is C25H42O3. The first-order valence-electron chi connectivity index (χ1n) is 11.6. The summed E-state index contributed by atoms with van der Waals surface area (Å²) in [6, 6.07) is 2.68. The summed E-state index contributed by atoms with van der Waals surface area (Å²) in [5.74, 6) is -0.472. The molecule has 0 radical (unpaired) electrons. The maximum absolute atomic E-state index is 9.75. The zero-order valence-corrected chi connectivity index (χ0v) is 18.0. The third-order valence-corrected chi connectivity index (χ3v) is 5.43. The zero-order chi connectivity index (χ0) is 20.5. The molecule has 160 valence electrons. The van der Waals surface area contributed by atoms with E-state index in [2.05, 4.69) is 6.92 Å². The third kappa shape index (κ3) is 11.3. The Balaban J connectivity index is 1.90. The van der Waals surface area contributed by atoms with Gasteiger partial charge in [-0.15, -0.1) is 0 Å². The van der Waals surface area contributed by atoms with Gasteiger partial charge in [-0.2, -0.15) is 0 Å². The SMILES string of the molecule is CCCCCCCCCCCCCCCCCC=Cc1c(O)ccc(O)c1O. The smallest absolute Gasteiger partial charge is 0.168 e. The number of hydrogen-bond acceptors (Lipinski definition) is 3. The minimum Gasteiger partial charge on any atom is -0.507 e. The lowest BCUT2D eigenvalue weighted by molar-refractivity contribution is 0.395. The summed E-state index contributed by atoms with van der Waals surface area (Å²) in [5.41, 5.74) is 0.293. The topological polar surface area (TPSA) is 60.7 Å². The van der Waals surface area contributed by atoms with Gasteiger partial charge in [0.15, 0.2) is 11.5 Å². The van der Waals surface area contributed by atoms with E-state index >= 15 is 0 Å². The van der Waals surface area contributed by atoms with Crippen LogP contribution < -0.4 is 0 Å². The fourth-order valence-electron chi connectivity index (χ4n) is 3.58. The number of benzene rings is 1. The van der Waals surface area contributed by atoms with Gasteiger partial charge < -0.3 is 15.3 Å². The molecule has 3 heteroatoms. The molecule has 0 unspecified atom stereocenters. The quantitative estimate of drug-likeness (QED) is 0.143. The van der Waals surface area contributed by atoms with Gasteiger partial charge in [0.2, 0.25) is 0 Å². The minimum atomic E-state index is -0.257. The number of rotatable bonds is 17. The van der Waals surface area contributed by atoms with E-state index in [9.17, 15) is 15.3 Å². The maximum Gasteiger partial charge on any atom is 0.168 e. The molecule has 1 aromatic rings. The summed E-state index contributed by atoms with van der Waals surface area (Å²) < 4.78 is 0. The normalized spacial score (nSPS) is 11.5.